The summed E-state index contributed by atoms with van der Waals surface area (Å²) in [5.74, 6) is -0.761. The lowest BCUT2D eigenvalue weighted by Crippen LogP contribution is -2.01. The second kappa shape index (κ2) is 7.56. The number of hydrogen-bond acceptors (Lipinski definition) is 4. The Morgan fingerprint density at radius 3 is 2.25 bits per heavy atom. The van der Waals surface area contributed by atoms with Crippen molar-refractivity contribution in [2.75, 3.05) is 0 Å². The van der Waals surface area contributed by atoms with Crippen LogP contribution in [0.2, 0.25) is 0 Å². The normalized spacial score (nSPS) is 10.8. The number of halogens is 3. The molecule has 0 N–H and O–H groups in total. The van der Waals surface area contributed by atoms with E-state index in [-0.39, 0.29) is 18.1 Å². The van der Waals surface area contributed by atoms with Gasteiger partial charge in [-0.2, -0.15) is 4.98 Å². The van der Waals surface area contributed by atoms with Crippen LogP contribution in [0.4, 0.5) is 13.2 Å². The predicted molar refractivity (Wildman–Crippen MR) is 95.8 cm³/mol. The fourth-order valence-electron chi connectivity index (χ4n) is 2.61. The maximum absolute atomic E-state index is 13.6. The number of nitrogens with zero attached hydrogens (tertiary/aromatic N) is 2. The van der Waals surface area contributed by atoms with Crippen molar-refractivity contribution in [3.8, 4) is 28.6 Å². The number of rotatable bonds is 5. The average molecular weight is 382 g/mol. The van der Waals surface area contributed by atoms with E-state index in [1.165, 1.54) is 30.3 Å². The Balaban J connectivity index is 1.48. The van der Waals surface area contributed by atoms with Crippen molar-refractivity contribution in [1.82, 2.24) is 10.1 Å². The van der Waals surface area contributed by atoms with Gasteiger partial charge in [0.05, 0.1) is 5.56 Å². The molecule has 0 fully saturated rings. The monoisotopic (exact) mass is 382 g/mol. The van der Waals surface area contributed by atoms with Crippen LogP contribution in [0.25, 0.3) is 22.8 Å². The van der Waals surface area contributed by atoms with Gasteiger partial charge in [-0.05, 0) is 54.6 Å². The zero-order chi connectivity index (χ0) is 19.5. The van der Waals surface area contributed by atoms with Crippen LogP contribution in [-0.2, 0) is 6.61 Å². The minimum absolute atomic E-state index is 0.135. The zero-order valence-corrected chi connectivity index (χ0v) is 14.4. The van der Waals surface area contributed by atoms with Crippen LogP contribution in [0.15, 0.2) is 71.3 Å². The first-order valence-corrected chi connectivity index (χ1v) is 8.36. The smallest absolute Gasteiger partial charge is 0.258 e. The maximum Gasteiger partial charge on any atom is 0.258 e. The fraction of sp³-hybridized carbons (Fsp3) is 0.0476. The molecule has 7 heteroatoms. The molecule has 4 nitrogen and oxygen atoms in total. The molecule has 28 heavy (non-hydrogen) atoms. The van der Waals surface area contributed by atoms with Crippen molar-refractivity contribution in [2.45, 2.75) is 6.61 Å². The second-order valence-corrected chi connectivity index (χ2v) is 5.95. The molecule has 3 aromatic carbocycles. The molecule has 0 radical (unpaired) electrons. The molecule has 4 aromatic rings. The molecule has 140 valence electrons. The highest BCUT2D eigenvalue weighted by atomic mass is 19.1. The van der Waals surface area contributed by atoms with Gasteiger partial charge in [-0.1, -0.05) is 17.3 Å². The summed E-state index contributed by atoms with van der Waals surface area (Å²) in [6, 6.07) is 16.1. The van der Waals surface area contributed by atoms with Crippen LogP contribution >= 0.6 is 0 Å². The standard InChI is InChI=1S/C21H13F3N2O2/c22-15-4-1-3-14(11-15)21-25-20(26-28-21)13-7-9-16(10-8-13)27-12-17-18(23)5-2-6-19(17)24/h1-11H,12H2. The highest BCUT2D eigenvalue weighted by Gasteiger charge is 2.12. The highest BCUT2D eigenvalue weighted by molar-refractivity contribution is 5.60. The van der Waals surface area contributed by atoms with Crippen LogP contribution in [0.5, 0.6) is 5.75 Å². The molecule has 1 aromatic heterocycles. The summed E-state index contributed by atoms with van der Waals surface area (Å²) in [6.45, 7) is -0.232. The van der Waals surface area contributed by atoms with Gasteiger partial charge in [0.1, 0.15) is 29.8 Å². The van der Waals surface area contributed by atoms with Gasteiger partial charge in [0.2, 0.25) is 5.82 Å². The predicted octanol–water partition coefficient (Wildman–Crippen LogP) is 5.40. The summed E-state index contributed by atoms with van der Waals surface area (Å²) < 4.78 is 51.2. The molecule has 4 rings (SSSR count). The van der Waals surface area contributed by atoms with Crippen LogP contribution in [-0.4, -0.2) is 10.1 Å². The number of hydrogen-bond donors (Lipinski definition) is 0. The van der Waals surface area contributed by atoms with Crippen LogP contribution in [0.3, 0.4) is 0 Å². The first-order chi connectivity index (χ1) is 13.6. The van der Waals surface area contributed by atoms with Crippen LogP contribution in [0, 0.1) is 17.5 Å². The Morgan fingerprint density at radius 1 is 0.821 bits per heavy atom. The molecular weight excluding hydrogens is 369 g/mol. The summed E-state index contributed by atoms with van der Waals surface area (Å²) in [5, 5.41) is 3.89. The lowest BCUT2D eigenvalue weighted by atomic mass is 10.2. The third-order valence-electron chi connectivity index (χ3n) is 4.05. The maximum atomic E-state index is 13.6. The number of ether oxygens (including phenoxy) is 1. The average Bonchev–Trinajstić information content (AvgIpc) is 3.18. The Hall–Kier alpha value is -3.61. The van der Waals surface area contributed by atoms with E-state index >= 15 is 0 Å². The minimum atomic E-state index is -0.659. The molecule has 0 aliphatic heterocycles. The minimum Gasteiger partial charge on any atom is -0.489 e. The van der Waals surface area contributed by atoms with Crippen molar-refractivity contribution >= 4 is 0 Å². The van der Waals surface area contributed by atoms with Crippen LogP contribution < -0.4 is 4.74 Å². The molecule has 0 unspecified atom stereocenters. The van der Waals surface area contributed by atoms with Crippen molar-refractivity contribution < 1.29 is 22.4 Å². The van der Waals surface area contributed by atoms with Crippen LogP contribution in [0.1, 0.15) is 5.56 Å². The van der Waals surface area contributed by atoms with Gasteiger partial charge < -0.3 is 9.26 Å². The molecule has 0 amide bonds. The lowest BCUT2D eigenvalue weighted by Gasteiger charge is -2.08. The van der Waals surface area contributed by atoms with Gasteiger partial charge >= 0.3 is 0 Å². The molecule has 0 aliphatic carbocycles. The van der Waals surface area contributed by atoms with Crippen molar-refractivity contribution in [3.63, 3.8) is 0 Å². The largest absolute Gasteiger partial charge is 0.489 e. The van der Waals surface area contributed by atoms with Crippen molar-refractivity contribution in [2.24, 2.45) is 0 Å². The lowest BCUT2D eigenvalue weighted by molar-refractivity contribution is 0.292. The van der Waals surface area contributed by atoms with Gasteiger partial charge in [0.15, 0.2) is 0 Å². The molecule has 0 saturated carbocycles. The van der Waals surface area contributed by atoms with E-state index < -0.39 is 17.5 Å². The fourth-order valence-corrected chi connectivity index (χ4v) is 2.61. The Morgan fingerprint density at radius 2 is 1.54 bits per heavy atom. The van der Waals surface area contributed by atoms with E-state index in [0.29, 0.717) is 22.7 Å². The Labute approximate surface area is 158 Å². The molecule has 0 bridgehead atoms. The van der Waals surface area contributed by atoms with Gasteiger partial charge in [0, 0.05) is 11.1 Å². The summed E-state index contributed by atoms with van der Waals surface area (Å²) in [7, 11) is 0. The van der Waals surface area contributed by atoms with Crippen molar-refractivity contribution in [1.29, 1.82) is 0 Å². The highest BCUT2D eigenvalue weighted by Crippen LogP contribution is 2.25. The van der Waals surface area contributed by atoms with Gasteiger partial charge in [0.25, 0.3) is 5.89 Å². The first-order valence-electron chi connectivity index (χ1n) is 8.36. The summed E-state index contributed by atoms with van der Waals surface area (Å²) in [4.78, 5) is 4.25. The van der Waals surface area contributed by atoms with Crippen molar-refractivity contribution in [3.05, 3.63) is 89.7 Å². The van der Waals surface area contributed by atoms with E-state index in [9.17, 15) is 13.2 Å². The number of benzene rings is 3. The summed E-state index contributed by atoms with van der Waals surface area (Å²) >= 11 is 0. The van der Waals surface area contributed by atoms with Gasteiger partial charge in [-0.25, -0.2) is 13.2 Å². The van der Waals surface area contributed by atoms with E-state index in [1.807, 2.05) is 0 Å². The molecule has 0 atom stereocenters. The molecular formula is C21H13F3N2O2. The summed E-state index contributed by atoms with van der Waals surface area (Å²) in [6.07, 6.45) is 0. The topological polar surface area (TPSA) is 48.2 Å². The molecule has 0 saturated heterocycles. The number of aromatic nitrogens is 2. The van der Waals surface area contributed by atoms with Gasteiger partial charge in [-0.15, -0.1) is 0 Å². The second-order valence-electron chi connectivity index (χ2n) is 5.95. The first kappa shape index (κ1) is 17.8. The zero-order valence-electron chi connectivity index (χ0n) is 14.4. The third kappa shape index (κ3) is 3.73. The Bertz CT molecular complexity index is 1090. The third-order valence-corrected chi connectivity index (χ3v) is 4.05. The summed E-state index contributed by atoms with van der Waals surface area (Å²) in [5.41, 5.74) is 0.992. The molecule has 0 aliphatic rings. The van der Waals surface area contributed by atoms with E-state index in [2.05, 4.69) is 10.1 Å². The quantitative estimate of drug-likeness (QED) is 0.464. The molecule has 1 heterocycles. The SMILES string of the molecule is Fc1cccc(-c2nc(-c3ccc(OCc4c(F)cccc4F)cc3)no2)c1. The van der Waals surface area contributed by atoms with Gasteiger partial charge in [-0.3, -0.25) is 0 Å². The molecule has 0 spiro atoms. The van der Waals surface area contributed by atoms with E-state index in [0.717, 1.165) is 0 Å². The van der Waals surface area contributed by atoms with E-state index in [4.69, 9.17) is 9.26 Å². The Kier molecular flexibility index (Phi) is 4.80. The van der Waals surface area contributed by atoms with E-state index in [1.54, 1.807) is 36.4 Å².